The zero-order chi connectivity index (χ0) is 14.0. The number of nitrogen functional groups attached to an aromatic ring is 1. The zero-order valence-electron chi connectivity index (χ0n) is 9.88. The van der Waals surface area contributed by atoms with Gasteiger partial charge < -0.3 is 10.2 Å². The molecule has 0 unspecified atom stereocenters. The fraction of sp³-hybridized carbons (Fsp3) is 0.0833. The van der Waals surface area contributed by atoms with Crippen LogP contribution in [0.4, 0.5) is 5.82 Å². The van der Waals surface area contributed by atoms with Crippen LogP contribution in [0, 0.1) is 6.92 Å². The van der Waals surface area contributed by atoms with Gasteiger partial charge in [0.25, 0.3) is 0 Å². The van der Waals surface area contributed by atoms with E-state index in [1.807, 2.05) is 25.1 Å². The van der Waals surface area contributed by atoms with Gasteiger partial charge in [0.15, 0.2) is 5.82 Å². The highest BCUT2D eigenvalue weighted by Gasteiger charge is 2.12. The Bertz CT molecular complexity index is 622. The van der Waals surface area contributed by atoms with E-state index in [1.165, 1.54) is 6.07 Å². The van der Waals surface area contributed by atoms with Crippen LogP contribution in [0.1, 0.15) is 5.56 Å². The van der Waals surface area contributed by atoms with Gasteiger partial charge in [-0.25, -0.2) is 5.84 Å². The largest absolute Gasteiger partial charge is 0.436 e. The number of hydrogen-bond donors (Lipinski definition) is 2. The van der Waals surface area contributed by atoms with Crippen LogP contribution in [0.2, 0.25) is 10.0 Å². The average Bonchev–Trinajstić information content (AvgIpc) is 2.35. The van der Waals surface area contributed by atoms with E-state index in [2.05, 4.69) is 26.3 Å². The zero-order valence-corrected chi connectivity index (χ0v) is 13.0. The maximum absolute atomic E-state index is 6.04. The number of benzene rings is 1. The SMILES string of the molecule is Cc1ccc(Oc2nc(NN)c(Cl)cc2Cl)c(Br)c1. The van der Waals surface area contributed by atoms with Gasteiger partial charge in [-0.15, -0.1) is 0 Å². The molecule has 0 spiro atoms. The van der Waals surface area contributed by atoms with Gasteiger partial charge in [-0.1, -0.05) is 29.3 Å². The quantitative estimate of drug-likeness (QED) is 0.621. The predicted molar refractivity (Wildman–Crippen MR) is 81.0 cm³/mol. The van der Waals surface area contributed by atoms with Crippen LogP contribution in [0.5, 0.6) is 11.6 Å². The van der Waals surface area contributed by atoms with Gasteiger partial charge in [-0.2, -0.15) is 4.98 Å². The van der Waals surface area contributed by atoms with Crippen LogP contribution in [-0.2, 0) is 0 Å². The first-order valence-electron chi connectivity index (χ1n) is 5.28. The molecule has 0 saturated heterocycles. The molecule has 1 heterocycles. The van der Waals surface area contributed by atoms with E-state index >= 15 is 0 Å². The number of hydrogen-bond acceptors (Lipinski definition) is 4. The number of anilines is 1. The number of halogens is 3. The van der Waals surface area contributed by atoms with Crippen molar-refractivity contribution in [2.24, 2.45) is 5.84 Å². The van der Waals surface area contributed by atoms with E-state index < -0.39 is 0 Å². The molecule has 2 rings (SSSR count). The summed E-state index contributed by atoms with van der Waals surface area (Å²) in [6.45, 7) is 1.98. The highest BCUT2D eigenvalue weighted by Crippen LogP contribution is 2.35. The summed E-state index contributed by atoms with van der Waals surface area (Å²) in [5.74, 6) is 6.43. The lowest BCUT2D eigenvalue weighted by molar-refractivity contribution is 0.461. The lowest BCUT2D eigenvalue weighted by Gasteiger charge is -2.11. The Hall–Kier alpha value is -1.01. The van der Waals surface area contributed by atoms with Crippen molar-refractivity contribution in [3.8, 4) is 11.6 Å². The third kappa shape index (κ3) is 3.30. The molecule has 7 heteroatoms. The van der Waals surface area contributed by atoms with Crippen molar-refractivity contribution in [1.29, 1.82) is 0 Å². The molecular formula is C12H10BrCl2N3O. The van der Waals surface area contributed by atoms with Gasteiger partial charge in [0, 0.05) is 0 Å². The van der Waals surface area contributed by atoms with Crippen LogP contribution in [-0.4, -0.2) is 4.98 Å². The molecule has 3 N–H and O–H groups in total. The lowest BCUT2D eigenvalue weighted by atomic mass is 10.2. The fourth-order valence-electron chi connectivity index (χ4n) is 1.42. The van der Waals surface area contributed by atoms with Gasteiger partial charge >= 0.3 is 0 Å². The van der Waals surface area contributed by atoms with Crippen molar-refractivity contribution >= 4 is 44.9 Å². The molecule has 4 nitrogen and oxygen atoms in total. The van der Waals surface area contributed by atoms with Crippen LogP contribution < -0.4 is 16.0 Å². The summed E-state index contributed by atoms with van der Waals surface area (Å²) in [5.41, 5.74) is 3.49. The maximum Gasteiger partial charge on any atom is 0.240 e. The van der Waals surface area contributed by atoms with E-state index in [9.17, 15) is 0 Å². The molecule has 0 bridgehead atoms. The summed E-state index contributed by atoms with van der Waals surface area (Å²) >= 11 is 15.4. The van der Waals surface area contributed by atoms with E-state index in [4.69, 9.17) is 33.8 Å². The molecule has 19 heavy (non-hydrogen) atoms. The minimum Gasteiger partial charge on any atom is -0.436 e. The Morgan fingerprint density at radius 3 is 2.63 bits per heavy atom. The number of aryl methyl sites for hydroxylation is 1. The monoisotopic (exact) mass is 361 g/mol. The topological polar surface area (TPSA) is 60.2 Å². The molecule has 0 amide bonds. The fourth-order valence-corrected chi connectivity index (χ4v) is 2.44. The van der Waals surface area contributed by atoms with Crippen LogP contribution in [0.3, 0.4) is 0 Å². The minimum atomic E-state index is 0.226. The molecule has 0 atom stereocenters. The van der Waals surface area contributed by atoms with Crippen LogP contribution in [0.25, 0.3) is 0 Å². The van der Waals surface area contributed by atoms with E-state index in [0.29, 0.717) is 21.6 Å². The average molecular weight is 363 g/mol. The van der Waals surface area contributed by atoms with Crippen molar-refractivity contribution < 1.29 is 4.74 Å². The first kappa shape index (κ1) is 14.4. The second kappa shape index (κ2) is 5.96. The van der Waals surface area contributed by atoms with E-state index in [-0.39, 0.29) is 5.88 Å². The normalized spacial score (nSPS) is 10.4. The number of ether oxygens (including phenoxy) is 1. The number of nitrogens with two attached hydrogens (primary N) is 1. The molecule has 1 aromatic heterocycles. The number of nitrogens with zero attached hydrogens (tertiary/aromatic N) is 1. The molecule has 2 aromatic rings. The minimum absolute atomic E-state index is 0.226. The predicted octanol–water partition coefficient (Wildman–Crippen LogP) is 4.54. The standard InChI is InChI=1S/C12H10BrCl2N3O/c1-6-2-3-10(7(13)4-6)19-12-9(15)5-8(14)11(17-12)18-16/h2-5H,16H2,1H3,(H,17,18). The summed E-state index contributed by atoms with van der Waals surface area (Å²) in [5, 5.41) is 0.624. The number of rotatable bonds is 3. The van der Waals surface area contributed by atoms with Gasteiger partial charge in [0.1, 0.15) is 10.8 Å². The summed E-state index contributed by atoms with van der Waals surface area (Å²) in [6.07, 6.45) is 0. The Labute approximate surface area is 129 Å². The highest BCUT2D eigenvalue weighted by molar-refractivity contribution is 9.10. The van der Waals surface area contributed by atoms with Crippen LogP contribution in [0.15, 0.2) is 28.7 Å². The Kier molecular flexibility index (Phi) is 4.52. The molecule has 0 aliphatic heterocycles. The maximum atomic E-state index is 6.04. The lowest BCUT2D eigenvalue weighted by Crippen LogP contribution is -2.09. The number of nitrogens with one attached hydrogen (secondary N) is 1. The molecule has 0 radical (unpaired) electrons. The Morgan fingerprint density at radius 1 is 1.26 bits per heavy atom. The smallest absolute Gasteiger partial charge is 0.240 e. The van der Waals surface area contributed by atoms with Gasteiger partial charge in [-0.05, 0) is 46.6 Å². The highest BCUT2D eigenvalue weighted by atomic mass is 79.9. The molecule has 0 saturated carbocycles. The van der Waals surface area contributed by atoms with Crippen molar-refractivity contribution in [3.05, 3.63) is 44.3 Å². The summed E-state index contributed by atoms with van der Waals surface area (Å²) < 4.78 is 6.46. The molecule has 0 aliphatic rings. The Balaban J connectivity index is 2.37. The van der Waals surface area contributed by atoms with E-state index in [0.717, 1.165) is 10.0 Å². The summed E-state index contributed by atoms with van der Waals surface area (Å²) in [4.78, 5) is 4.11. The Morgan fingerprint density at radius 2 is 2.00 bits per heavy atom. The van der Waals surface area contributed by atoms with Gasteiger partial charge in [0.05, 0.1) is 9.50 Å². The van der Waals surface area contributed by atoms with Crippen molar-refractivity contribution in [2.45, 2.75) is 6.92 Å². The molecule has 1 aromatic carbocycles. The third-order valence-corrected chi connectivity index (χ3v) is 3.51. The van der Waals surface area contributed by atoms with E-state index in [1.54, 1.807) is 0 Å². The van der Waals surface area contributed by atoms with Crippen molar-refractivity contribution in [3.63, 3.8) is 0 Å². The molecular weight excluding hydrogens is 353 g/mol. The molecule has 0 fully saturated rings. The summed E-state index contributed by atoms with van der Waals surface area (Å²) in [6, 6.07) is 7.19. The molecule has 100 valence electrons. The summed E-state index contributed by atoms with van der Waals surface area (Å²) in [7, 11) is 0. The van der Waals surface area contributed by atoms with Crippen LogP contribution >= 0.6 is 39.1 Å². The van der Waals surface area contributed by atoms with Crippen molar-refractivity contribution in [2.75, 3.05) is 5.43 Å². The number of aromatic nitrogens is 1. The van der Waals surface area contributed by atoms with Gasteiger partial charge in [-0.3, -0.25) is 0 Å². The number of pyridine rings is 1. The van der Waals surface area contributed by atoms with Crippen molar-refractivity contribution in [1.82, 2.24) is 4.98 Å². The van der Waals surface area contributed by atoms with Gasteiger partial charge in [0.2, 0.25) is 5.88 Å². The number of hydrazine groups is 1. The molecule has 0 aliphatic carbocycles. The first-order chi connectivity index (χ1) is 9.01. The first-order valence-corrected chi connectivity index (χ1v) is 6.83. The second-order valence-electron chi connectivity index (χ2n) is 3.79. The third-order valence-electron chi connectivity index (χ3n) is 2.33. The second-order valence-corrected chi connectivity index (χ2v) is 5.45.